The summed E-state index contributed by atoms with van der Waals surface area (Å²) in [6.07, 6.45) is 17.4. The zero-order valence-corrected chi connectivity index (χ0v) is 15.0. The van der Waals surface area contributed by atoms with Crippen molar-refractivity contribution in [3.05, 3.63) is 0 Å². The average molecular weight is 325 g/mol. The number of hydrogen-bond acceptors (Lipinski definition) is 3. The topological polar surface area (TPSA) is 46.5 Å². The van der Waals surface area contributed by atoms with Gasteiger partial charge in [0.1, 0.15) is 6.10 Å². The molecule has 2 aliphatic rings. The molecule has 3 atom stereocenters. The summed E-state index contributed by atoms with van der Waals surface area (Å²) < 4.78 is 5.18. The van der Waals surface area contributed by atoms with Crippen molar-refractivity contribution in [2.75, 3.05) is 0 Å². The second-order valence-electron chi connectivity index (χ2n) is 7.89. The molecule has 134 valence electrons. The van der Waals surface area contributed by atoms with Crippen molar-refractivity contribution in [3.63, 3.8) is 0 Å². The Labute approximate surface area is 142 Å². The van der Waals surface area contributed by atoms with Gasteiger partial charge >= 0.3 is 5.97 Å². The number of rotatable bonds is 8. The molecule has 1 N–H and O–H groups in total. The van der Waals surface area contributed by atoms with Crippen LogP contribution in [0.3, 0.4) is 0 Å². The van der Waals surface area contributed by atoms with E-state index < -0.39 is 6.10 Å². The molecular weight excluding hydrogens is 288 g/mol. The second kappa shape index (κ2) is 10.3. The van der Waals surface area contributed by atoms with Gasteiger partial charge in [0.15, 0.2) is 0 Å². The predicted octanol–water partition coefficient (Wildman–Crippen LogP) is 5.00. The lowest BCUT2D eigenvalue weighted by atomic mass is 9.82. The van der Waals surface area contributed by atoms with Gasteiger partial charge in [0.2, 0.25) is 0 Å². The van der Waals surface area contributed by atoms with E-state index in [1.165, 1.54) is 77.6 Å². The van der Waals surface area contributed by atoms with E-state index in [0.29, 0.717) is 5.92 Å². The molecule has 2 saturated carbocycles. The standard InChI is InChI=1S/C20H36O3/c1-16(21)23-20-14-13-18(15-19(20)22)12-6-3-2-5-9-17-10-7-4-8-11-17/h17-20,22H,2-15H2,1H3. The molecule has 0 aromatic heterocycles. The van der Waals surface area contributed by atoms with Gasteiger partial charge in [-0.15, -0.1) is 0 Å². The first-order valence-electron chi connectivity index (χ1n) is 10.0. The van der Waals surface area contributed by atoms with Gasteiger partial charge in [-0.2, -0.15) is 0 Å². The van der Waals surface area contributed by atoms with Crippen LogP contribution >= 0.6 is 0 Å². The van der Waals surface area contributed by atoms with Gasteiger partial charge in [0.25, 0.3) is 0 Å². The van der Waals surface area contributed by atoms with Crippen molar-refractivity contribution in [2.24, 2.45) is 11.8 Å². The number of unbranched alkanes of at least 4 members (excludes halogenated alkanes) is 3. The van der Waals surface area contributed by atoms with Crippen LogP contribution in [-0.2, 0) is 9.53 Å². The first kappa shape index (κ1) is 18.8. The van der Waals surface area contributed by atoms with Crippen LogP contribution in [0.2, 0.25) is 0 Å². The Kier molecular flexibility index (Phi) is 8.43. The lowest BCUT2D eigenvalue weighted by Gasteiger charge is -2.32. The molecule has 3 unspecified atom stereocenters. The summed E-state index contributed by atoms with van der Waals surface area (Å²) in [6, 6.07) is 0. The van der Waals surface area contributed by atoms with Gasteiger partial charge in [-0.1, -0.05) is 70.6 Å². The smallest absolute Gasteiger partial charge is 0.302 e. The van der Waals surface area contributed by atoms with Gasteiger partial charge in [-0.3, -0.25) is 4.79 Å². The van der Waals surface area contributed by atoms with E-state index in [0.717, 1.165) is 25.2 Å². The number of aliphatic hydroxyl groups excluding tert-OH is 1. The fourth-order valence-corrected chi connectivity index (χ4v) is 4.51. The van der Waals surface area contributed by atoms with Crippen molar-refractivity contribution in [3.8, 4) is 0 Å². The number of aliphatic hydroxyl groups is 1. The number of esters is 1. The Morgan fingerprint density at radius 3 is 2.17 bits per heavy atom. The fourth-order valence-electron chi connectivity index (χ4n) is 4.51. The Morgan fingerprint density at radius 2 is 1.57 bits per heavy atom. The highest BCUT2D eigenvalue weighted by Gasteiger charge is 2.30. The molecule has 0 spiro atoms. The number of hydrogen-bond donors (Lipinski definition) is 1. The van der Waals surface area contributed by atoms with Crippen molar-refractivity contribution >= 4 is 5.97 Å². The van der Waals surface area contributed by atoms with E-state index in [9.17, 15) is 9.90 Å². The highest BCUT2D eigenvalue weighted by Crippen LogP contribution is 2.31. The van der Waals surface area contributed by atoms with Crippen LogP contribution in [0.15, 0.2) is 0 Å². The Balaban J connectivity index is 1.47. The second-order valence-corrected chi connectivity index (χ2v) is 7.89. The molecule has 2 aliphatic carbocycles. The minimum absolute atomic E-state index is 0.265. The molecule has 0 amide bonds. The summed E-state index contributed by atoms with van der Waals surface area (Å²) in [7, 11) is 0. The van der Waals surface area contributed by atoms with Crippen LogP contribution in [0.25, 0.3) is 0 Å². The first-order chi connectivity index (χ1) is 11.1. The monoisotopic (exact) mass is 324 g/mol. The molecular formula is C20H36O3. The van der Waals surface area contributed by atoms with Crippen LogP contribution < -0.4 is 0 Å². The zero-order chi connectivity index (χ0) is 16.5. The summed E-state index contributed by atoms with van der Waals surface area (Å²) >= 11 is 0. The first-order valence-corrected chi connectivity index (χ1v) is 10.0. The normalized spacial score (nSPS) is 29.4. The summed E-state index contributed by atoms with van der Waals surface area (Å²) in [5.41, 5.74) is 0. The lowest BCUT2D eigenvalue weighted by Crippen LogP contribution is -2.36. The lowest BCUT2D eigenvalue weighted by molar-refractivity contribution is -0.156. The maximum Gasteiger partial charge on any atom is 0.302 e. The molecule has 3 nitrogen and oxygen atoms in total. The van der Waals surface area contributed by atoms with E-state index >= 15 is 0 Å². The van der Waals surface area contributed by atoms with Gasteiger partial charge in [0.05, 0.1) is 6.10 Å². The van der Waals surface area contributed by atoms with E-state index in [-0.39, 0.29) is 12.1 Å². The summed E-state index contributed by atoms with van der Waals surface area (Å²) in [5.74, 6) is 1.37. The molecule has 0 aromatic rings. The van der Waals surface area contributed by atoms with Crippen molar-refractivity contribution in [2.45, 2.75) is 109 Å². The highest BCUT2D eigenvalue weighted by molar-refractivity contribution is 5.66. The number of ether oxygens (including phenoxy) is 1. The average Bonchev–Trinajstić information content (AvgIpc) is 2.54. The van der Waals surface area contributed by atoms with Crippen LogP contribution in [0.4, 0.5) is 0 Å². The molecule has 2 fully saturated rings. The molecule has 3 heteroatoms. The Morgan fingerprint density at radius 1 is 0.913 bits per heavy atom. The molecule has 0 radical (unpaired) electrons. The molecule has 0 heterocycles. The molecule has 0 saturated heterocycles. The van der Waals surface area contributed by atoms with Crippen LogP contribution in [0.1, 0.15) is 96.8 Å². The SMILES string of the molecule is CC(=O)OC1CCC(CCCCCCC2CCCCC2)CC1O. The number of carbonyl (C=O) groups is 1. The largest absolute Gasteiger partial charge is 0.460 e. The van der Waals surface area contributed by atoms with Crippen LogP contribution in [-0.4, -0.2) is 23.3 Å². The Hall–Kier alpha value is -0.570. The van der Waals surface area contributed by atoms with Crippen molar-refractivity contribution in [1.82, 2.24) is 0 Å². The van der Waals surface area contributed by atoms with Gasteiger partial charge in [-0.05, 0) is 31.1 Å². The van der Waals surface area contributed by atoms with Crippen molar-refractivity contribution in [1.29, 1.82) is 0 Å². The minimum Gasteiger partial charge on any atom is -0.460 e. The number of carbonyl (C=O) groups excluding carboxylic acids is 1. The van der Waals surface area contributed by atoms with Crippen molar-refractivity contribution < 1.29 is 14.6 Å². The molecule has 0 aromatic carbocycles. The molecule has 0 aliphatic heterocycles. The van der Waals surface area contributed by atoms with E-state index in [4.69, 9.17) is 4.74 Å². The summed E-state index contributed by atoms with van der Waals surface area (Å²) in [6.45, 7) is 1.42. The quantitative estimate of drug-likeness (QED) is 0.505. The maximum atomic E-state index is 11.0. The molecule has 2 rings (SSSR count). The van der Waals surface area contributed by atoms with Crippen LogP contribution in [0, 0.1) is 11.8 Å². The third-order valence-electron chi connectivity index (χ3n) is 5.88. The third-order valence-corrected chi connectivity index (χ3v) is 5.88. The van der Waals surface area contributed by atoms with E-state index in [1.807, 2.05) is 0 Å². The molecule has 0 bridgehead atoms. The van der Waals surface area contributed by atoms with Gasteiger partial charge in [0, 0.05) is 6.92 Å². The zero-order valence-electron chi connectivity index (χ0n) is 15.0. The maximum absolute atomic E-state index is 11.0. The van der Waals surface area contributed by atoms with E-state index in [1.54, 1.807) is 0 Å². The van der Waals surface area contributed by atoms with Crippen LogP contribution in [0.5, 0.6) is 0 Å². The summed E-state index contributed by atoms with van der Waals surface area (Å²) in [5, 5.41) is 10.1. The predicted molar refractivity (Wildman–Crippen MR) is 93.2 cm³/mol. The molecule has 23 heavy (non-hydrogen) atoms. The van der Waals surface area contributed by atoms with Gasteiger partial charge in [-0.25, -0.2) is 0 Å². The fraction of sp³-hybridized carbons (Fsp3) is 0.950. The van der Waals surface area contributed by atoms with E-state index in [2.05, 4.69) is 0 Å². The Bertz CT molecular complexity index is 336. The summed E-state index contributed by atoms with van der Waals surface area (Å²) in [4.78, 5) is 11.0. The van der Waals surface area contributed by atoms with Gasteiger partial charge < -0.3 is 9.84 Å². The third kappa shape index (κ3) is 7.24. The minimum atomic E-state index is -0.455. The highest BCUT2D eigenvalue weighted by atomic mass is 16.6.